The van der Waals surface area contributed by atoms with E-state index in [0.717, 1.165) is 0 Å². The lowest BCUT2D eigenvalue weighted by molar-refractivity contribution is 0.506. The van der Waals surface area contributed by atoms with Gasteiger partial charge in [0, 0.05) is 24.6 Å². The van der Waals surface area contributed by atoms with Crippen molar-refractivity contribution in [3.8, 4) is 0 Å². The Balaban J connectivity index is 2.30. The third-order valence-electron chi connectivity index (χ3n) is 3.09. The smallest absolute Gasteiger partial charge is 0.138 e. The van der Waals surface area contributed by atoms with E-state index in [4.69, 9.17) is 5.73 Å². The Labute approximate surface area is 110 Å². The van der Waals surface area contributed by atoms with Crippen LogP contribution in [0.15, 0.2) is 18.5 Å². The van der Waals surface area contributed by atoms with Crippen LogP contribution in [0.1, 0.15) is 29.9 Å². The van der Waals surface area contributed by atoms with Crippen molar-refractivity contribution in [1.82, 2.24) is 14.8 Å². The molecule has 0 fully saturated rings. The van der Waals surface area contributed by atoms with Crippen LogP contribution in [-0.4, -0.2) is 14.8 Å². The third kappa shape index (κ3) is 2.63. The molecule has 0 saturated carbocycles. The van der Waals surface area contributed by atoms with Gasteiger partial charge in [0.25, 0.3) is 0 Å². The van der Waals surface area contributed by atoms with Crippen molar-refractivity contribution >= 4 is 0 Å². The molecular formula is C13H16F2N4. The largest absolute Gasteiger partial charge is 0.323 e. The van der Waals surface area contributed by atoms with Crippen LogP contribution in [-0.2, 0) is 13.0 Å². The first-order valence-corrected chi connectivity index (χ1v) is 6.11. The Hall–Kier alpha value is -1.82. The lowest BCUT2D eigenvalue weighted by atomic mass is 10.0. The highest BCUT2D eigenvalue weighted by Crippen LogP contribution is 2.23. The van der Waals surface area contributed by atoms with Crippen LogP contribution in [0.3, 0.4) is 0 Å². The molecule has 0 radical (unpaired) electrons. The highest BCUT2D eigenvalue weighted by molar-refractivity contribution is 5.29. The van der Waals surface area contributed by atoms with E-state index in [1.54, 1.807) is 11.6 Å². The average molecular weight is 266 g/mol. The fraction of sp³-hybridized carbons (Fsp3) is 0.385. The molecule has 2 aromatic rings. The van der Waals surface area contributed by atoms with Crippen LogP contribution in [0.25, 0.3) is 0 Å². The number of aromatic nitrogens is 3. The minimum Gasteiger partial charge on any atom is -0.323 e. The zero-order valence-electron chi connectivity index (χ0n) is 10.9. The summed E-state index contributed by atoms with van der Waals surface area (Å²) in [4.78, 5) is 4.06. The molecule has 0 amide bonds. The summed E-state index contributed by atoms with van der Waals surface area (Å²) >= 11 is 0. The molecule has 1 aromatic heterocycles. The molecule has 0 saturated heterocycles. The number of halogens is 2. The zero-order valence-corrected chi connectivity index (χ0v) is 10.9. The minimum absolute atomic E-state index is 0.0920. The SMILES string of the molecule is CCn1ncnc1CC(N)c1c(F)ccc(C)c1F. The van der Waals surface area contributed by atoms with Gasteiger partial charge in [-0.25, -0.2) is 13.8 Å². The first kappa shape index (κ1) is 13.6. The third-order valence-corrected chi connectivity index (χ3v) is 3.09. The van der Waals surface area contributed by atoms with Gasteiger partial charge >= 0.3 is 0 Å². The van der Waals surface area contributed by atoms with Gasteiger partial charge in [-0.15, -0.1) is 0 Å². The van der Waals surface area contributed by atoms with Crippen LogP contribution in [0.5, 0.6) is 0 Å². The first-order valence-electron chi connectivity index (χ1n) is 6.11. The summed E-state index contributed by atoms with van der Waals surface area (Å²) < 4.78 is 29.3. The number of hydrogen-bond acceptors (Lipinski definition) is 3. The van der Waals surface area contributed by atoms with Gasteiger partial charge in [0.05, 0.1) is 0 Å². The molecule has 19 heavy (non-hydrogen) atoms. The van der Waals surface area contributed by atoms with E-state index in [0.29, 0.717) is 17.9 Å². The standard InChI is InChI=1S/C13H16F2N4/c1-3-19-11(17-7-18-19)6-10(16)12-9(14)5-4-8(2)13(12)15/h4-5,7,10H,3,6,16H2,1-2H3. The number of aryl methyl sites for hydroxylation is 2. The van der Waals surface area contributed by atoms with Crippen molar-refractivity contribution in [2.24, 2.45) is 5.73 Å². The topological polar surface area (TPSA) is 56.7 Å². The fourth-order valence-electron chi connectivity index (χ4n) is 2.03. The monoisotopic (exact) mass is 266 g/mol. The Morgan fingerprint density at radius 2 is 2.11 bits per heavy atom. The number of hydrogen-bond donors (Lipinski definition) is 1. The highest BCUT2D eigenvalue weighted by atomic mass is 19.1. The molecule has 1 heterocycles. The molecule has 6 heteroatoms. The molecule has 4 nitrogen and oxygen atoms in total. The lowest BCUT2D eigenvalue weighted by Crippen LogP contribution is -2.20. The number of nitrogens with zero attached hydrogens (tertiary/aromatic N) is 3. The molecule has 0 aliphatic rings. The summed E-state index contributed by atoms with van der Waals surface area (Å²) in [5.74, 6) is -0.594. The second-order valence-corrected chi connectivity index (χ2v) is 4.39. The van der Waals surface area contributed by atoms with Crippen molar-refractivity contribution in [2.75, 3.05) is 0 Å². The molecule has 0 spiro atoms. The van der Waals surface area contributed by atoms with Gasteiger partial charge < -0.3 is 5.73 Å². The van der Waals surface area contributed by atoms with Gasteiger partial charge in [-0.2, -0.15) is 5.10 Å². The quantitative estimate of drug-likeness (QED) is 0.922. The second-order valence-electron chi connectivity index (χ2n) is 4.39. The molecule has 1 unspecified atom stereocenters. The molecule has 0 aliphatic carbocycles. The Morgan fingerprint density at radius 3 is 2.79 bits per heavy atom. The van der Waals surface area contributed by atoms with Crippen molar-refractivity contribution < 1.29 is 8.78 Å². The summed E-state index contributed by atoms with van der Waals surface area (Å²) in [5.41, 5.74) is 6.21. The lowest BCUT2D eigenvalue weighted by Gasteiger charge is -2.15. The molecule has 1 atom stereocenters. The summed E-state index contributed by atoms with van der Waals surface area (Å²) in [5, 5.41) is 4.01. The molecular weight excluding hydrogens is 250 g/mol. The molecule has 2 N–H and O–H groups in total. The van der Waals surface area contributed by atoms with Gasteiger partial charge in [0.1, 0.15) is 23.8 Å². The normalized spacial score (nSPS) is 12.7. The van der Waals surface area contributed by atoms with E-state index in [9.17, 15) is 8.78 Å². The molecule has 0 aliphatic heterocycles. The van der Waals surface area contributed by atoms with E-state index in [1.807, 2.05) is 6.92 Å². The van der Waals surface area contributed by atoms with E-state index in [-0.39, 0.29) is 12.0 Å². The molecule has 1 aromatic carbocycles. The van der Waals surface area contributed by atoms with Crippen LogP contribution < -0.4 is 5.73 Å². The van der Waals surface area contributed by atoms with E-state index >= 15 is 0 Å². The summed E-state index contributed by atoms with van der Waals surface area (Å²) in [6.07, 6.45) is 1.65. The van der Waals surface area contributed by atoms with Gasteiger partial charge in [-0.1, -0.05) is 6.07 Å². The number of rotatable bonds is 4. The Bertz CT molecular complexity index is 580. The fourth-order valence-corrected chi connectivity index (χ4v) is 2.03. The van der Waals surface area contributed by atoms with Crippen molar-refractivity contribution in [3.63, 3.8) is 0 Å². The minimum atomic E-state index is -0.783. The summed E-state index contributed by atoms with van der Waals surface area (Å²) in [6.45, 7) is 4.14. The second kappa shape index (κ2) is 5.44. The van der Waals surface area contributed by atoms with Gasteiger partial charge in [-0.05, 0) is 25.5 Å². The maximum atomic E-state index is 14.0. The summed E-state index contributed by atoms with van der Waals surface area (Å²) in [7, 11) is 0. The van der Waals surface area contributed by atoms with Crippen LogP contribution in [0.4, 0.5) is 8.78 Å². The number of nitrogens with two attached hydrogens (primary N) is 1. The average Bonchev–Trinajstić information content (AvgIpc) is 2.81. The van der Waals surface area contributed by atoms with E-state index in [1.165, 1.54) is 18.5 Å². The van der Waals surface area contributed by atoms with Gasteiger partial charge in [-0.3, -0.25) is 4.68 Å². The maximum absolute atomic E-state index is 14.0. The molecule has 2 rings (SSSR count). The van der Waals surface area contributed by atoms with Crippen LogP contribution in [0.2, 0.25) is 0 Å². The highest BCUT2D eigenvalue weighted by Gasteiger charge is 2.20. The first-order chi connectivity index (χ1) is 9.04. The Morgan fingerprint density at radius 1 is 1.37 bits per heavy atom. The van der Waals surface area contributed by atoms with Crippen molar-refractivity contribution in [2.45, 2.75) is 32.9 Å². The van der Waals surface area contributed by atoms with Gasteiger partial charge in [0.2, 0.25) is 0 Å². The van der Waals surface area contributed by atoms with Crippen LogP contribution in [0, 0.1) is 18.6 Å². The number of benzene rings is 1. The van der Waals surface area contributed by atoms with Crippen LogP contribution >= 0.6 is 0 Å². The molecule has 102 valence electrons. The predicted molar refractivity (Wildman–Crippen MR) is 67.4 cm³/mol. The predicted octanol–water partition coefficient (Wildman–Crippen LogP) is 2.13. The zero-order chi connectivity index (χ0) is 14.0. The maximum Gasteiger partial charge on any atom is 0.138 e. The van der Waals surface area contributed by atoms with E-state index in [2.05, 4.69) is 10.1 Å². The van der Waals surface area contributed by atoms with E-state index < -0.39 is 17.7 Å². The Kier molecular flexibility index (Phi) is 3.90. The molecule has 0 bridgehead atoms. The van der Waals surface area contributed by atoms with Crippen molar-refractivity contribution in [3.05, 3.63) is 47.0 Å². The van der Waals surface area contributed by atoms with Crippen molar-refractivity contribution in [1.29, 1.82) is 0 Å². The van der Waals surface area contributed by atoms with Gasteiger partial charge in [0.15, 0.2) is 0 Å². The summed E-state index contributed by atoms with van der Waals surface area (Å²) in [6, 6.07) is 1.85.